The molecule has 0 N–H and O–H groups in total. The lowest BCUT2D eigenvalue weighted by molar-refractivity contribution is -0.123. The van der Waals surface area contributed by atoms with Crippen LogP contribution in [0.4, 0.5) is 5.69 Å². The summed E-state index contributed by atoms with van der Waals surface area (Å²) in [6.07, 6.45) is 5.05. The number of benzene rings is 3. The Morgan fingerprint density at radius 1 is 0.727 bits per heavy atom. The molecule has 2 bridgehead atoms. The zero-order valence-electron chi connectivity index (χ0n) is 17.8. The number of anilines is 1. The third kappa shape index (κ3) is 3.20. The number of allylic oxidation sites excluding steroid dienone is 2. The van der Waals surface area contributed by atoms with Crippen molar-refractivity contribution in [3.63, 3.8) is 0 Å². The molecule has 162 valence electrons. The van der Waals surface area contributed by atoms with Crippen molar-refractivity contribution in [3.8, 4) is 16.9 Å². The van der Waals surface area contributed by atoms with Crippen molar-refractivity contribution in [2.75, 3.05) is 4.90 Å². The average molecular weight is 435 g/mol. The van der Waals surface area contributed by atoms with Crippen molar-refractivity contribution in [3.05, 3.63) is 96.6 Å². The van der Waals surface area contributed by atoms with Crippen molar-refractivity contribution < 1.29 is 19.1 Å². The second-order valence-electron chi connectivity index (χ2n) is 8.84. The summed E-state index contributed by atoms with van der Waals surface area (Å²) >= 11 is 0. The fourth-order valence-electron chi connectivity index (χ4n) is 5.42. The van der Waals surface area contributed by atoms with Crippen LogP contribution in [0.2, 0.25) is 0 Å². The molecule has 0 unspecified atom stereocenters. The van der Waals surface area contributed by atoms with Crippen LogP contribution in [0.5, 0.6) is 5.75 Å². The molecule has 0 radical (unpaired) electrons. The van der Waals surface area contributed by atoms with Crippen LogP contribution in [0.3, 0.4) is 0 Å². The lowest BCUT2D eigenvalue weighted by Gasteiger charge is -2.17. The van der Waals surface area contributed by atoms with Gasteiger partial charge < -0.3 is 4.74 Å². The minimum atomic E-state index is -0.493. The minimum absolute atomic E-state index is 0.129. The van der Waals surface area contributed by atoms with Crippen LogP contribution in [0.1, 0.15) is 16.8 Å². The first kappa shape index (κ1) is 19.7. The molecule has 1 heterocycles. The second-order valence-corrected chi connectivity index (χ2v) is 8.84. The van der Waals surface area contributed by atoms with Crippen LogP contribution >= 0.6 is 0 Å². The van der Waals surface area contributed by atoms with E-state index in [4.69, 9.17) is 4.74 Å². The van der Waals surface area contributed by atoms with E-state index in [2.05, 4.69) is 12.2 Å². The monoisotopic (exact) mass is 435 g/mol. The van der Waals surface area contributed by atoms with E-state index in [1.165, 1.54) is 4.90 Å². The Balaban J connectivity index is 1.15. The Bertz CT molecular complexity index is 1250. The number of amides is 2. The third-order valence-electron chi connectivity index (χ3n) is 7.00. The number of rotatable bonds is 4. The summed E-state index contributed by atoms with van der Waals surface area (Å²) in [5, 5.41) is 0. The van der Waals surface area contributed by atoms with E-state index >= 15 is 0 Å². The standard InChI is InChI=1S/C28H21NO4/c30-26-24-20-6-7-21(16-20)25(24)27(31)29(26)22-12-8-19(9-13-22)28(32)33-23-14-10-18(11-15-23)17-4-2-1-3-5-17/h1-15,20-21,24-25H,16H2/t20-,21-,24+,25+/m0/s1. The van der Waals surface area contributed by atoms with Crippen molar-refractivity contribution >= 4 is 23.5 Å². The van der Waals surface area contributed by atoms with Crippen LogP contribution in [0.15, 0.2) is 91.0 Å². The number of nitrogens with zero attached hydrogens (tertiary/aromatic N) is 1. The van der Waals surface area contributed by atoms with E-state index in [0.29, 0.717) is 17.0 Å². The number of ether oxygens (including phenoxy) is 1. The number of imide groups is 1. The fraction of sp³-hybridized carbons (Fsp3) is 0.179. The molecule has 6 rings (SSSR count). The van der Waals surface area contributed by atoms with Gasteiger partial charge >= 0.3 is 5.97 Å². The maximum absolute atomic E-state index is 13.0. The van der Waals surface area contributed by atoms with E-state index < -0.39 is 5.97 Å². The molecule has 3 aliphatic rings. The summed E-state index contributed by atoms with van der Waals surface area (Å²) in [5.74, 6) is -0.442. The molecular weight excluding hydrogens is 414 g/mol. The van der Waals surface area contributed by atoms with Crippen LogP contribution < -0.4 is 9.64 Å². The number of carbonyl (C=O) groups excluding carboxylic acids is 3. The molecule has 3 aromatic carbocycles. The van der Waals surface area contributed by atoms with Gasteiger partial charge in [0.1, 0.15) is 5.75 Å². The van der Waals surface area contributed by atoms with Gasteiger partial charge in [-0.25, -0.2) is 4.79 Å². The van der Waals surface area contributed by atoms with Crippen LogP contribution in [-0.4, -0.2) is 17.8 Å². The van der Waals surface area contributed by atoms with Gasteiger partial charge in [0.05, 0.1) is 23.1 Å². The third-order valence-corrected chi connectivity index (χ3v) is 7.00. The lowest BCUT2D eigenvalue weighted by Crippen LogP contribution is -2.32. The van der Waals surface area contributed by atoms with Crippen molar-refractivity contribution in [2.24, 2.45) is 23.7 Å². The highest BCUT2D eigenvalue weighted by molar-refractivity contribution is 6.22. The summed E-state index contributed by atoms with van der Waals surface area (Å²) in [6.45, 7) is 0. The topological polar surface area (TPSA) is 63.7 Å². The molecule has 4 atom stereocenters. The zero-order chi connectivity index (χ0) is 22.5. The van der Waals surface area contributed by atoms with Crippen LogP contribution in [0, 0.1) is 23.7 Å². The molecule has 2 aliphatic carbocycles. The van der Waals surface area contributed by atoms with Gasteiger partial charge in [-0.05, 0) is 65.8 Å². The lowest BCUT2D eigenvalue weighted by atomic mass is 9.85. The zero-order valence-corrected chi connectivity index (χ0v) is 17.8. The summed E-state index contributed by atoms with van der Waals surface area (Å²) in [6, 6.07) is 23.8. The van der Waals surface area contributed by atoms with Crippen molar-refractivity contribution in [1.29, 1.82) is 0 Å². The molecule has 1 saturated heterocycles. The van der Waals surface area contributed by atoms with E-state index in [0.717, 1.165) is 17.5 Å². The fourth-order valence-corrected chi connectivity index (χ4v) is 5.42. The first-order valence-electron chi connectivity index (χ1n) is 11.1. The van der Waals surface area contributed by atoms with Gasteiger partial charge in [-0.15, -0.1) is 0 Å². The van der Waals surface area contributed by atoms with Crippen molar-refractivity contribution in [1.82, 2.24) is 0 Å². The number of hydrogen-bond donors (Lipinski definition) is 0. The summed E-state index contributed by atoms with van der Waals surface area (Å²) in [7, 11) is 0. The molecule has 3 aromatic rings. The smallest absolute Gasteiger partial charge is 0.343 e. The van der Waals surface area contributed by atoms with Gasteiger partial charge in [0.25, 0.3) is 0 Å². The molecule has 33 heavy (non-hydrogen) atoms. The molecule has 5 nitrogen and oxygen atoms in total. The average Bonchev–Trinajstić information content (AvgIpc) is 3.54. The summed E-state index contributed by atoms with van der Waals surface area (Å²) in [5.41, 5.74) is 2.98. The van der Waals surface area contributed by atoms with E-state index in [1.807, 2.05) is 42.5 Å². The van der Waals surface area contributed by atoms with Gasteiger partial charge in [0, 0.05) is 0 Å². The van der Waals surface area contributed by atoms with E-state index in [-0.39, 0.29) is 35.5 Å². The highest BCUT2D eigenvalue weighted by Gasteiger charge is 2.59. The maximum Gasteiger partial charge on any atom is 0.343 e. The normalized spacial score (nSPS) is 24.9. The maximum atomic E-state index is 13.0. The van der Waals surface area contributed by atoms with Crippen LogP contribution in [-0.2, 0) is 9.59 Å². The molecular formula is C28H21NO4. The first-order valence-corrected chi connectivity index (χ1v) is 11.1. The Morgan fingerprint density at radius 2 is 1.30 bits per heavy atom. The SMILES string of the molecule is O=C(Oc1ccc(-c2ccccc2)cc1)c1ccc(N2C(=O)[C@H]3[C@H](C2=O)[C@H]2C=C[C@H]3C2)cc1. The molecule has 5 heteroatoms. The number of hydrogen-bond acceptors (Lipinski definition) is 4. The Kier molecular flexibility index (Phi) is 4.50. The van der Waals surface area contributed by atoms with Gasteiger partial charge in [-0.2, -0.15) is 0 Å². The predicted octanol–water partition coefficient (Wildman–Crippen LogP) is 4.88. The Labute approximate surface area is 191 Å². The quantitative estimate of drug-likeness (QED) is 0.254. The molecule has 0 spiro atoms. The molecule has 1 saturated carbocycles. The molecule has 2 fully saturated rings. The Hall–Kier alpha value is -3.99. The van der Waals surface area contributed by atoms with Gasteiger partial charge in [0.15, 0.2) is 0 Å². The highest BCUT2D eigenvalue weighted by Crippen LogP contribution is 2.53. The molecule has 2 amide bonds. The van der Waals surface area contributed by atoms with E-state index in [9.17, 15) is 14.4 Å². The molecule has 0 aromatic heterocycles. The van der Waals surface area contributed by atoms with E-state index in [1.54, 1.807) is 36.4 Å². The van der Waals surface area contributed by atoms with Gasteiger partial charge in [0.2, 0.25) is 11.8 Å². The first-order chi connectivity index (χ1) is 16.1. The second kappa shape index (κ2) is 7.55. The highest BCUT2D eigenvalue weighted by atomic mass is 16.5. The number of fused-ring (bicyclic) bond motifs is 5. The minimum Gasteiger partial charge on any atom is -0.423 e. The van der Waals surface area contributed by atoms with Gasteiger partial charge in [-0.1, -0.05) is 54.6 Å². The number of esters is 1. The predicted molar refractivity (Wildman–Crippen MR) is 123 cm³/mol. The van der Waals surface area contributed by atoms with Crippen molar-refractivity contribution in [2.45, 2.75) is 6.42 Å². The summed E-state index contributed by atoms with van der Waals surface area (Å²) in [4.78, 5) is 39.8. The largest absolute Gasteiger partial charge is 0.423 e. The van der Waals surface area contributed by atoms with Crippen LogP contribution in [0.25, 0.3) is 11.1 Å². The summed E-state index contributed by atoms with van der Waals surface area (Å²) < 4.78 is 5.50. The number of carbonyl (C=O) groups is 3. The van der Waals surface area contributed by atoms with Gasteiger partial charge in [-0.3, -0.25) is 14.5 Å². The Morgan fingerprint density at radius 3 is 1.91 bits per heavy atom. The molecule has 1 aliphatic heterocycles.